The molecular formula is C18H17BrO4. The van der Waals surface area contributed by atoms with Crippen molar-refractivity contribution in [2.24, 2.45) is 0 Å². The lowest BCUT2D eigenvalue weighted by atomic mass is 10.0. The van der Waals surface area contributed by atoms with Crippen molar-refractivity contribution in [3.63, 3.8) is 0 Å². The predicted octanol–water partition coefficient (Wildman–Crippen LogP) is 4.03. The largest absolute Gasteiger partial charge is 0.467 e. The zero-order valence-corrected chi connectivity index (χ0v) is 14.1. The van der Waals surface area contributed by atoms with Crippen molar-refractivity contribution in [2.45, 2.75) is 17.5 Å². The van der Waals surface area contributed by atoms with E-state index >= 15 is 0 Å². The van der Waals surface area contributed by atoms with Gasteiger partial charge in [-0.3, -0.25) is 4.79 Å². The number of hydrogen-bond acceptors (Lipinski definition) is 4. The monoisotopic (exact) mass is 376 g/mol. The van der Waals surface area contributed by atoms with E-state index in [4.69, 9.17) is 14.2 Å². The summed E-state index contributed by atoms with van der Waals surface area (Å²) in [6.07, 6.45) is 1.54. The first-order valence-electron chi connectivity index (χ1n) is 7.42. The molecule has 1 saturated heterocycles. The van der Waals surface area contributed by atoms with E-state index in [1.54, 1.807) is 6.07 Å². The van der Waals surface area contributed by atoms with E-state index in [9.17, 15) is 4.79 Å². The molecule has 0 amide bonds. The van der Waals surface area contributed by atoms with E-state index in [0.717, 1.165) is 29.6 Å². The number of alkyl halides is 1. The molecule has 0 spiro atoms. The number of benzene rings is 2. The Kier molecular flexibility index (Phi) is 5.43. The summed E-state index contributed by atoms with van der Waals surface area (Å²) in [6.45, 7) is 0.849. The molecular weight excluding hydrogens is 360 g/mol. The Labute approximate surface area is 143 Å². The van der Waals surface area contributed by atoms with Gasteiger partial charge in [-0.2, -0.15) is 0 Å². The number of ether oxygens (including phenoxy) is 3. The Bertz CT molecular complexity index is 656. The normalized spacial score (nSPS) is 20.4. The van der Waals surface area contributed by atoms with Crippen molar-refractivity contribution in [3.05, 3.63) is 54.1 Å². The Balaban J connectivity index is 1.57. The molecule has 1 fully saturated rings. The van der Waals surface area contributed by atoms with Crippen LogP contribution in [0.3, 0.4) is 0 Å². The van der Waals surface area contributed by atoms with Gasteiger partial charge in [-0.05, 0) is 35.7 Å². The van der Waals surface area contributed by atoms with E-state index in [2.05, 4.69) is 15.9 Å². The van der Waals surface area contributed by atoms with Crippen LogP contribution in [0, 0.1) is 0 Å². The van der Waals surface area contributed by atoms with Crippen LogP contribution in [0.25, 0.3) is 11.1 Å². The molecule has 3 rings (SSSR count). The van der Waals surface area contributed by atoms with Gasteiger partial charge in [-0.25, -0.2) is 0 Å². The van der Waals surface area contributed by atoms with Crippen molar-refractivity contribution in [3.8, 4) is 16.9 Å². The second-order valence-corrected chi connectivity index (χ2v) is 6.42. The van der Waals surface area contributed by atoms with Gasteiger partial charge in [0.25, 0.3) is 0 Å². The fraction of sp³-hybridized carbons (Fsp3) is 0.278. The zero-order valence-electron chi connectivity index (χ0n) is 12.5. The lowest BCUT2D eigenvalue weighted by Crippen LogP contribution is -2.22. The molecule has 0 radical (unpaired) electrons. The standard InChI is InChI=1S/C18H17BrO4/c19-17-8-9-21-18(17)23-12-22-16-6-4-14(5-7-16)15-3-1-2-13(10-15)11-20/h1-7,10-11,17-18H,8-9,12H2. The summed E-state index contributed by atoms with van der Waals surface area (Å²) in [7, 11) is 0. The fourth-order valence-electron chi connectivity index (χ4n) is 2.39. The molecule has 0 N–H and O–H groups in total. The first kappa shape index (κ1) is 16.2. The van der Waals surface area contributed by atoms with Crippen molar-refractivity contribution < 1.29 is 19.0 Å². The quantitative estimate of drug-likeness (QED) is 0.433. The molecule has 4 nitrogen and oxygen atoms in total. The minimum Gasteiger partial charge on any atom is -0.467 e. The van der Waals surface area contributed by atoms with Gasteiger partial charge in [0.2, 0.25) is 0 Å². The van der Waals surface area contributed by atoms with E-state index in [-0.39, 0.29) is 17.9 Å². The Hall–Kier alpha value is -1.69. The summed E-state index contributed by atoms with van der Waals surface area (Å²) in [4.78, 5) is 11.1. The molecule has 0 aromatic heterocycles. The summed E-state index contributed by atoms with van der Waals surface area (Å²) >= 11 is 3.51. The van der Waals surface area contributed by atoms with Crippen LogP contribution in [-0.4, -0.2) is 30.8 Å². The second kappa shape index (κ2) is 7.73. The highest BCUT2D eigenvalue weighted by atomic mass is 79.9. The third-order valence-corrected chi connectivity index (χ3v) is 4.53. The molecule has 0 saturated carbocycles. The maximum absolute atomic E-state index is 10.8. The molecule has 1 heterocycles. The minimum atomic E-state index is -0.250. The number of hydrogen-bond donors (Lipinski definition) is 0. The number of aldehydes is 1. The predicted molar refractivity (Wildman–Crippen MR) is 90.9 cm³/mol. The van der Waals surface area contributed by atoms with Gasteiger partial charge in [0, 0.05) is 5.56 Å². The van der Waals surface area contributed by atoms with E-state index in [1.165, 1.54) is 0 Å². The van der Waals surface area contributed by atoms with Gasteiger partial charge in [-0.15, -0.1) is 0 Å². The van der Waals surface area contributed by atoms with E-state index in [0.29, 0.717) is 12.2 Å². The van der Waals surface area contributed by atoms with Crippen LogP contribution in [0.2, 0.25) is 0 Å². The Morgan fingerprint density at radius 1 is 1.17 bits per heavy atom. The molecule has 5 heteroatoms. The lowest BCUT2D eigenvalue weighted by Gasteiger charge is -2.15. The molecule has 2 unspecified atom stereocenters. The highest BCUT2D eigenvalue weighted by Gasteiger charge is 2.26. The van der Waals surface area contributed by atoms with Gasteiger partial charge in [0.15, 0.2) is 13.1 Å². The van der Waals surface area contributed by atoms with Gasteiger partial charge in [0.05, 0.1) is 11.4 Å². The molecule has 1 aliphatic rings. The van der Waals surface area contributed by atoms with Gasteiger partial charge in [-0.1, -0.05) is 46.3 Å². The topological polar surface area (TPSA) is 44.8 Å². The van der Waals surface area contributed by atoms with Crippen molar-refractivity contribution in [2.75, 3.05) is 13.4 Å². The first-order chi connectivity index (χ1) is 11.3. The Morgan fingerprint density at radius 3 is 2.70 bits per heavy atom. The summed E-state index contributed by atoms with van der Waals surface area (Å²) in [5.41, 5.74) is 2.69. The molecule has 2 aromatic carbocycles. The van der Waals surface area contributed by atoms with E-state index in [1.807, 2.05) is 42.5 Å². The summed E-state index contributed by atoms with van der Waals surface area (Å²) in [5.74, 6) is 0.726. The molecule has 2 atom stereocenters. The summed E-state index contributed by atoms with van der Waals surface area (Å²) < 4.78 is 16.5. The average Bonchev–Trinajstić information content (AvgIpc) is 3.01. The van der Waals surface area contributed by atoms with Crippen molar-refractivity contribution in [1.82, 2.24) is 0 Å². The smallest absolute Gasteiger partial charge is 0.192 e. The Morgan fingerprint density at radius 2 is 2.00 bits per heavy atom. The van der Waals surface area contributed by atoms with Crippen LogP contribution in [-0.2, 0) is 9.47 Å². The van der Waals surface area contributed by atoms with Crippen LogP contribution in [0.15, 0.2) is 48.5 Å². The number of halogens is 1. The lowest BCUT2D eigenvalue weighted by molar-refractivity contribution is -0.146. The first-order valence-corrected chi connectivity index (χ1v) is 8.33. The fourth-order valence-corrected chi connectivity index (χ4v) is 2.89. The van der Waals surface area contributed by atoms with Crippen LogP contribution < -0.4 is 4.74 Å². The molecule has 120 valence electrons. The SMILES string of the molecule is O=Cc1cccc(-c2ccc(OCOC3OCCC3Br)cc2)c1. The number of carbonyl (C=O) groups is 1. The highest BCUT2D eigenvalue weighted by molar-refractivity contribution is 9.09. The van der Waals surface area contributed by atoms with Crippen LogP contribution in [0.1, 0.15) is 16.8 Å². The molecule has 0 bridgehead atoms. The van der Waals surface area contributed by atoms with Gasteiger partial charge < -0.3 is 14.2 Å². The summed E-state index contributed by atoms with van der Waals surface area (Å²) in [5, 5.41) is 0. The van der Waals surface area contributed by atoms with Crippen LogP contribution in [0.4, 0.5) is 0 Å². The van der Waals surface area contributed by atoms with Crippen LogP contribution in [0.5, 0.6) is 5.75 Å². The molecule has 1 aliphatic heterocycles. The maximum atomic E-state index is 10.8. The number of rotatable bonds is 6. The number of carbonyl (C=O) groups excluding carboxylic acids is 1. The highest BCUT2D eigenvalue weighted by Crippen LogP contribution is 2.24. The minimum absolute atomic E-state index is 0.146. The maximum Gasteiger partial charge on any atom is 0.192 e. The van der Waals surface area contributed by atoms with Crippen LogP contribution >= 0.6 is 15.9 Å². The molecule has 0 aliphatic carbocycles. The average molecular weight is 377 g/mol. The van der Waals surface area contributed by atoms with Gasteiger partial charge >= 0.3 is 0 Å². The third-order valence-electron chi connectivity index (χ3n) is 3.64. The van der Waals surface area contributed by atoms with Gasteiger partial charge in [0.1, 0.15) is 12.0 Å². The second-order valence-electron chi connectivity index (χ2n) is 5.24. The third kappa shape index (κ3) is 4.19. The van der Waals surface area contributed by atoms with Crippen molar-refractivity contribution >= 4 is 22.2 Å². The molecule has 23 heavy (non-hydrogen) atoms. The zero-order chi connectivity index (χ0) is 16.1. The summed E-state index contributed by atoms with van der Waals surface area (Å²) in [6, 6.07) is 15.2. The molecule has 2 aromatic rings. The van der Waals surface area contributed by atoms with Crippen molar-refractivity contribution in [1.29, 1.82) is 0 Å². The van der Waals surface area contributed by atoms with E-state index < -0.39 is 0 Å².